The van der Waals surface area contributed by atoms with Crippen molar-refractivity contribution in [1.29, 1.82) is 0 Å². The monoisotopic (exact) mass is 402 g/mol. The number of likely N-dealkylation sites (tertiary alicyclic amines) is 2. The first kappa shape index (κ1) is 20.6. The summed E-state index contributed by atoms with van der Waals surface area (Å²) in [5.74, 6) is 0.0251. The fraction of sp³-hybridized carbons (Fsp3) is 0.571. The van der Waals surface area contributed by atoms with Crippen LogP contribution in [0.25, 0.3) is 0 Å². The van der Waals surface area contributed by atoms with Crippen LogP contribution in [0.5, 0.6) is 0 Å². The van der Waals surface area contributed by atoms with Crippen LogP contribution in [0.15, 0.2) is 18.2 Å². The number of rotatable bonds is 4. The van der Waals surface area contributed by atoms with Crippen LogP contribution in [0.4, 0.5) is 5.69 Å². The van der Waals surface area contributed by atoms with Gasteiger partial charge in [-0.2, -0.15) is 0 Å². The zero-order valence-corrected chi connectivity index (χ0v) is 17.6. The van der Waals surface area contributed by atoms with Crippen LogP contribution in [0, 0.1) is 13.8 Å². The molecule has 7 heteroatoms. The first-order chi connectivity index (χ1) is 13.4. The second-order valence-corrected chi connectivity index (χ2v) is 8.28. The number of thiocarbonyl (C=S) groups is 1. The van der Waals surface area contributed by atoms with E-state index in [4.69, 9.17) is 12.2 Å². The van der Waals surface area contributed by atoms with E-state index >= 15 is 0 Å². The van der Waals surface area contributed by atoms with E-state index in [9.17, 15) is 9.59 Å². The molecule has 0 unspecified atom stereocenters. The van der Waals surface area contributed by atoms with Crippen molar-refractivity contribution >= 4 is 34.8 Å². The molecular weight excluding hydrogens is 372 g/mol. The number of anilines is 1. The third-order valence-electron chi connectivity index (χ3n) is 5.35. The van der Waals surface area contributed by atoms with Crippen molar-refractivity contribution in [2.24, 2.45) is 0 Å². The Labute approximate surface area is 172 Å². The average molecular weight is 403 g/mol. The lowest BCUT2D eigenvalue weighted by molar-refractivity contribution is -0.140. The van der Waals surface area contributed by atoms with Crippen molar-refractivity contribution in [1.82, 2.24) is 15.1 Å². The molecule has 28 heavy (non-hydrogen) atoms. The zero-order chi connectivity index (χ0) is 20.1. The first-order valence-electron chi connectivity index (χ1n) is 10.1. The van der Waals surface area contributed by atoms with Gasteiger partial charge in [-0.25, -0.2) is 0 Å². The van der Waals surface area contributed by atoms with E-state index < -0.39 is 0 Å². The van der Waals surface area contributed by atoms with E-state index in [0.29, 0.717) is 11.7 Å². The molecule has 0 spiro atoms. The smallest absolute Gasteiger partial charge is 0.245 e. The molecule has 0 aliphatic carbocycles. The van der Waals surface area contributed by atoms with Gasteiger partial charge in [-0.1, -0.05) is 6.07 Å². The summed E-state index contributed by atoms with van der Waals surface area (Å²) in [5.41, 5.74) is 3.22. The molecule has 1 aromatic rings. The predicted molar refractivity (Wildman–Crippen MR) is 115 cm³/mol. The molecule has 2 aliphatic rings. The predicted octanol–water partition coefficient (Wildman–Crippen LogP) is 2.59. The quantitative estimate of drug-likeness (QED) is 0.758. The van der Waals surface area contributed by atoms with Crippen molar-refractivity contribution in [3.8, 4) is 0 Å². The van der Waals surface area contributed by atoms with Crippen LogP contribution >= 0.6 is 12.2 Å². The molecule has 0 aromatic heterocycles. The van der Waals surface area contributed by atoms with E-state index in [-0.39, 0.29) is 24.4 Å². The number of nitrogens with one attached hydrogen (secondary N) is 2. The van der Waals surface area contributed by atoms with Gasteiger partial charge in [0.15, 0.2) is 5.11 Å². The van der Waals surface area contributed by atoms with Crippen LogP contribution in [0.2, 0.25) is 0 Å². The van der Waals surface area contributed by atoms with Gasteiger partial charge >= 0.3 is 0 Å². The third-order valence-corrected chi connectivity index (χ3v) is 5.57. The van der Waals surface area contributed by atoms with E-state index in [2.05, 4.69) is 16.7 Å². The molecule has 2 aliphatic heterocycles. The van der Waals surface area contributed by atoms with E-state index in [1.54, 1.807) is 4.90 Å². The Hall–Kier alpha value is -2.15. The Kier molecular flexibility index (Phi) is 6.88. The molecule has 3 rings (SSSR count). The number of amides is 2. The highest BCUT2D eigenvalue weighted by Gasteiger charge is 2.30. The highest BCUT2D eigenvalue weighted by molar-refractivity contribution is 7.80. The van der Waals surface area contributed by atoms with Crippen molar-refractivity contribution in [3.05, 3.63) is 29.3 Å². The van der Waals surface area contributed by atoms with Gasteiger partial charge in [-0.3, -0.25) is 9.59 Å². The van der Waals surface area contributed by atoms with Crippen molar-refractivity contribution in [2.45, 2.75) is 52.0 Å². The molecular formula is C21H30N4O2S. The van der Waals surface area contributed by atoms with E-state index in [0.717, 1.165) is 62.0 Å². The Morgan fingerprint density at radius 1 is 1.07 bits per heavy atom. The standard InChI is InChI=1S/C21H30N4O2S/c1-15-11-16(2)13-17(12-15)22-21(28)23-18-7-3-4-10-25(20(18)27)14-19(26)24-8-5-6-9-24/h11-13,18H,3-10,14H2,1-2H3,(H2,22,23,28)/t18-/m1/s1. The van der Waals surface area contributed by atoms with Gasteiger partial charge in [-0.05, 0) is 81.4 Å². The highest BCUT2D eigenvalue weighted by atomic mass is 32.1. The minimum absolute atomic E-state index is 0.0328. The molecule has 152 valence electrons. The molecule has 0 bridgehead atoms. The topological polar surface area (TPSA) is 64.7 Å². The number of carbonyl (C=O) groups excluding carboxylic acids is 2. The minimum Gasteiger partial charge on any atom is -0.351 e. The van der Waals surface area contributed by atoms with Gasteiger partial charge in [0, 0.05) is 25.3 Å². The van der Waals surface area contributed by atoms with Gasteiger partial charge in [-0.15, -0.1) is 0 Å². The van der Waals surface area contributed by atoms with Crippen LogP contribution in [-0.4, -0.2) is 58.9 Å². The van der Waals surface area contributed by atoms with Gasteiger partial charge in [0.2, 0.25) is 11.8 Å². The summed E-state index contributed by atoms with van der Waals surface area (Å²) in [7, 11) is 0. The summed E-state index contributed by atoms with van der Waals surface area (Å²) in [4.78, 5) is 29.0. The zero-order valence-electron chi connectivity index (χ0n) is 16.8. The second-order valence-electron chi connectivity index (χ2n) is 7.87. The third kappa shape index (κ3) is 5.44. The number of hydrogen-bond acceptors (Lipinski definition) is 3. The number of nitrogens with zero attached hydrogens (tertiary/aromatic N) is 2. The molecule has 2 heterocycles. The Balaban J connectivity index is 1.59. The van der Waals surface area contributed by atoms with Crippen LogP contribution in [0.3, 0.4) is 0 Å². The Bertz CT molecular complexity index is 726. The summed E-state index contributed by atoms with van der Waals surface area (Å²) in [5, 5.41) is 6.80. The van der Waals surface area contributed by atoms with Gasteiger partial charge in [0.1, 0.15) is 6.04 Å². The molecule has 2 N–H and O–H groups in total. The first-order valence-corrected chi connectivity index (χ1v) is 10.6. The lowest BCUT2D eigenvalue weighted by atomic mass is 10.1. The summed E-state index contributed by atoms with van der Waals surface area (Å²) >= 11 is 5.45. The summed E-state index contributed by atoms with van der Waals surface area (Å²) in [6.07, 6.45) is 4.69. The van der Waals surface area contributed by atoms with Crippen molar-refractivity contribution < 1.29 is 9.59 Å². The second kappa shape index (κ2) is 9.37. The van der Waals surface area contributed by atoms with Crippen LogP contribution in [0.1, 0.15) is 43.2 Å². The Morgan fingerprint density at radius 2 is 1.71 bits per heavy atom. The fourth-order valence-corrected chi connectivity index (χ4v) is 4.26. The van der Waals surface area contributed by atoms with E-state index in [1.165, 1.54) is 0 Å². The molecule has 1 atom stereocenters. The molecule has 1 aromatic carbocycles. The maximum Gasteiger partial charge on any atom is 0.245 e. The van der Waals surface area contributed by atoms with Crippen molar-refractivity contribution in [3.63, 3.8) is 0 Å². The molecule has 0 radical (unpaired) electrons. The van der Waals surface area contributed by atoms with Crippen LogP contribution < -0.4 is 10.6 Å². The molecule has 0 saturated carbocycles. The normalized spacial score (nSPS) is 20.1. The average Bonchev–Trinajstić information content (AvgIpc) is 3.11. The lowest BCUT2D eigenvalue weighted by Gasteiger charge is -2.27. The number of hydrogen-bond donors (Lipinski definition) is 2. The SMILES string of the molecule is Cc1cc(C)cc(NC(=S)N[C@@H]2CCCCN(CC(=O)N3CCCC3)C2=O)c1. The fourth-order valence-electron chi connectivity index (χ4n) is 4.00. The molecule has 2 fully saturated rings. The maximum atomic E-state index is 13.0. The molecule has 2 saturated heterocycles. The number of aryl methyl sites for hydroxylation is 2. The van der Waals surface area contributed by atoms with Gasteiger partial charge in [0.05, 0.1) is 6.54 Å². The van der Waals surface area contributed by atoms with Crippen molar-refractivity contribution in [2.75, 3.05) is 31.5 Å². The number of benzene rings is 1. The maximum absolute atomic E-state index is 13.0. The minimum atomic E-state index is -0.389. The highest BCUT2D eigenvalue weighted by Crippen LogP contribution is 2.16. The van der Waals surface area contributed by atoms with Gasteiger partial charge in [0.25, 0.3) is 0 Å². The van der Waals surface area contributed by atoms with Gasteiger partial charge < -0.3 is 20.4 Å². The summed E-state index contributed by atoms with van der Waals surface area (Å²) in [6.45, 7) is 6.51. The largest absolute Gasteiger partial charge is 0.351 e. The molecule has 6 nitrogen and oxygen atoms in total. The molecule has 2 amide bonds. The lowest BCUT2D eigenvalue weighted by Crippen LogP contribution is -2.51. The summed E-state index contributed by atoms with van der Waals surface area (Å²) in [6, 6.07) is 5.76. The Morgan fingerprint density at radius 3 is 2.39 bits per heavy atom. The van der Waals surface area contributed by atoms with Crippen LogP contribution in [-0.2, 0) is 9.59 Å². The summed E-state index contributed by atoms with van der Waals surface area (Å²) < 4.78 is 0. The van der Waals surface area contributed by atoms with E-state index in [1.807, 2.05) is 30.9 Å². The number of carbonyl (C=O) groups is 2.